The number of nitrogens with one attached hydrogen (secondary N) is 1. The molecule has 1 atom stereocenters. The molecule has 1 saturated heterocycles. The summed E-state index contributed by atoms with van der Waals surface area (Å²) in [5, 5.41) is 3.33. The summed E-state index contributed by atoms with van der Waals surface area (Å²) in [5.41, 5.74) is 2.22. The van der Waals surface area contributed by atoms with Crippen LogP contribution in [0.3, 0.4) is 0 Å². The first-order valence-electron chi connectivity index (χ1n) is 11.7. The van der Waals surface area contributed by atoms with E-state index in [0.29, 0.717) is 47.9 Å². The maximum Gasteiger partial charge on any atom is 0.164 e. The number of rotatable bonds is 5. The van der Waals surface area contributed by atoms with Gasteiger partial charge in [-0.2, -0.15) is 0 Å². The van der Waals surface area contributed by atoms with Crippen LogP contribution in [0.25, 0.3) is 22.3 Å². The van der Waals surface area contributed by atoms with E-state index in [2.05, 4.69) is 20.3 Å². The molecule has 37 heavy (non-hydrogen) atoms. The summed E-state index contributed by atoms with van der Waals surface area (Å²) in [6.07, 6.45) is 2.29. The Balaban J connectivity index is 1.56. The van der Waals surface area contributed by atoms with E-state index in [1.165, 1.54) is 24.4 Å². The smallest absolute Gasteiger partial charge is 0.164 e. The van der Waals surface area contributed by atoms with Gasteiger partial charge in [0, 0.05) is 35.7 Å². The van der Waals surface area contributed by atoms with Gasteiger partial charge in [0.15, 0.2) is 17.5 Å². The molecule has 1 aliphatic heterocycles. The maximum atomic E-state index is 15.2. The second kappa shape index (κ2) is 10.0. The SMILES string of the molecule is Cc1nc2cc(F)c(-c3ccc(P4(=O)CCOCC4)nc3)nc2c(NC(C)c2cccc(F)c2F)c1Cl. The van der Waals surface area contributed by atoms with Crippen molar-refractivity contribution in [2.24, 2.45) is 0 Å². The van der Waals surface area contributed by atoms with Gasteiger partial charge in [0.1, 0.15) is 23.8 Å². The topological polar surface area (TPSA) is 77.0 Å². The van der Waals surface area contributed by atoms with Crippen molar-refractivity contribution in [3.8, 4) is 11.3 Å². The van der Waals surface area contributed by atoms with Crippen LogP contribution < -0.4 is 10.8 Å². The highest BCUT2D eigenvalue weighted by molar-refractivity contribution is 7.71. The Morgan fingerprint density at radius 2 is 1.84 bits per heavy atom. The number of pyridine rings is 3. The number of hydrogen-bond acceptors (Lipinski definition) is 6. The zero-order valence-corrected chi connectivity index (χ0v) is 21.7. The molecule has 1 aromatic carbocycles. The van der Waals surface area contributed by atoms with Crippen molar-refractivity contribution in [2.45, 2.75) is 19.9 Å². The van der Waals surface area contributed by atoms with Gasteiger partial charge in [0.05, 0.1) is 41.2 Å². The third-order valence-corrected chi connectivity index (χ3v) is 9.83. The number of hydrogen-bond donors (Lipinski definition) is 1. The molecule has 1 aliphatic rings. The Kier molecular flexibility index (Phi) is 6.96. The lowest BCUT2D eigenvalue weighted by molar-refractivity contribution is 0.156. The van der Waals surface area contributed by atoms with E-state index in [4.69, 9.17) is 16.3 Å². The van der Waals surface area contributed by atoms with E-state index in [1.54, 1.807) is 26.0 Å². The van der Waals surface area contributed by atoms with Crippen molar-refractivity contribution < 1.29 is 22.5 Å². The molecule has 0 bridgehead atoms. The molecule has 0 spiro atoms. The minimum Gasteiger partial charge on any atom is -0.380 e. The summed E-state index contributed by atoms with van der Waals surface area (Å²) < 4.78 is 61.9. The molecule has 1 unspecified atom stereocenters. The fraction of sp³-hybridized carbons (Fsp3) is 0.269. The van der Waals surface area contributed by atoms with Crippen molar-refractivity contribution in [3.63, 3.8) is 0 Å². The highest BCUT2D eigenvalue weighted by atomic mass is 35.5. The Bertz CT molecular complexity index is 1540. The number of fused-ring (bicyclic) bond motifs is 1. The highest BCUT2D eigenvalue weighted by Gasteiger charge is 2.29. The fourth-order valence-corrected chi connectivity index (χ4v) is 6.71. The molecule has 4 aromatic rings. The Hall–Kier alpha value is -3.00. The van der Waals surface area contributed by atoms with Gasteiger partial charge in [-0.05, 0) is 32.0 Å². The summed E-state index contributed by atoms with van der Waals surface area (Å²) in [6.45, 7) is 4.15. The zero-order valence-electron chi connectivity index (χ0n) is 20.1. The minimum absolute atomic E-state index is 0.00571. The van der Waals surface area contributed by atoms with Gasteiger partial charge in [-0.25, -0.2) is 23.1 Å². The van der Waals surface area contributed by atoms with Crippen LogP contribution in [0.4, 0.5) is 18.9 Å². The van der Waals surface area contributed by atoms with E-state index < -0.39 is 30.6 Å². The van der Waals surface area contributed by atoms with Gasteiger partial charge in [0.2, 0.25) is 0 Å². The second-order valence-electron chi connectivity index (χ2n) is 8.94. The van der Waals surface area contributed by atoms with Gasteiger partial charge in [-0.15, -0.1) is 0 Å². The number of benzene rings is 1. The van der Waals surface area contributed by atoms with Gasteiger partial charge < -0.3 is 14.6 Å². The predicted octanol–water partition coefficient (Wildman–Crippen LogP) is 6.26. The monoisotopic (exact) mass is 546 g/mol. The first-order chi connectivity index (χ1) is 17.7. The molecule has 0 amide bonds. The molecule has 192 valence electrons. The quantitative estimate of drug-likeness (QED) is 0.298. The Morgan fingerprint density at radius 3 is 2.54 bits per heavy atom. The van der Waals surface area contributed by atoms with Crippen molar-refractivity contribution in [1.82, 2.24) is 15.0 Å². The molecule has 5 rings (SSSR count). The van der Waals surface area contributed by atoms with Crippen LogP contribution in [-0.2, 0) is 9.30 Å². The second-order valence-corrected chi connectivity index (χ2v) is 12.4. The first-order valence-corrected chi connectivity index (χ1v) is 14.1. The summed E-state index contributed by atoms with van der Waals surface area (Å²) in [4.78, 5) is 13.2. The molecular weight excluding hydrogens is 524 g/mol. The summed E-state index contributed by atoms with van der Waals surface area (Å²) >= 11 is 6.55. The predicted molar refractivity (Wildman–Crippen MR) is 139 cm³/mol. The normalized spacial score (nSPS) is 16.1. The van der Waals surface area contributed by atoms with Gasteiger partial charge in [-0.3, -0.25) is 4.98 Å². The number of aromatic nitrogens is 3. The zero-order chi connectivity index (χ0) is 26.3. The van der Waals surface area contributed by atoms with Crippen LogP contribution >= 0.6 is 18.7 Å². The van der Waals surface area contributed by atoms with Crippen molar-refractivity contribution in [1.29, 1.82) is 0 Å². The Morgan fingerprint density at radius 1 is 1.08 bits per heavy atom. The van der Waals surface area contributed by atoms with Crippen LogP contribution in [-0.4, -0.2) is 40.5 Å². The highest BCUT2D eigenvalue weighted by Crippen LogP contribution is 2.45. The summed E-state index contributed by atoms with van der Waals surface area (Å²) in [7, 11) is -2.65. The molecule has 0 saturated carbocycles. The van der Waals surface area contributed by atoms with Gasteiger partial charge in [0.25, 0.3) is 0 Å². The molecule has 0 aliphatic carbocycles. The third-order valence-electron chi connectivity index (χ3n) is 6.46. The van der Waals surface area contributed by atoms with Crippen molar-refractivity contribution in [2.75, 3.05) is 30.9 Å². The lowest BCUT2D eigenvalue weighted by atomic mass is 10.1. The average molecular weight is 547 g/mol. The van der Waals surface area contributed by atoms with E-state index in [9.17, 15) is 13.3 Å². The largest absolute Gasteiger partial charge is 0.380 e. The van der Waals surface area contributed by atoms with Gasteiger partial charge >= 0.3 is 0 Å². The van der Waals surface area contributed by atoms with Crippen LogP contribution in [0.5, 0.6) is 0 Å². The summed E-state index contributed by atoms with van der Waals surface area (Å²) in [5.74, 6) is -2.55. The van der Waals surface area contributed by atoms with Crippen LogP contribution in [0.15, 0.2) is 42.6 Å². The van der Waals surface area contributed by atoms with E-state index in [-0.39, 0.29) is 27.3 Å². The lowest BCUT2D eigenvalue weighted by Crippen LogP contribution is -2.23. The van der Waals surface area contributed by atoms with Gasteiger partial charge in [-0.1, -0.05) is 23.7 Å². The lowest BCUT2D eigenvalue weighted by Gasteiger charge is -2.22. The number of anilines is 1. The van der Waals surface area contributed by atoms with Crippen LogP contribution in [0.2, 0.25) is 5.02 Å². The van der Waals surface area contributed by atoms with E-state index >= 15 is 4.39 Å². The van der Waals surface area contributed by atoms with Crippen LogP contribution in [0.1, 0.15) is 24.2 Å². The molecule has 6 nitrogen and oxygen atoms in total. The molecule has 4 heterocycles. The van der Waals surface area contributed by atoms with E-state index in [0.717, 1.165) is 6.07 Å². The molecule has 1 fully saturated rings. The first kappa shape index (κ1) is 25.6. The third kappa shape index (κ3) is 4.83. The molecule has 3 aromatic heterocycles. The molecule has 11 heteroatoms. The van der Waals surface area contributed by atoms with Crippen molar-refractivity contribution >= 4 is 40.9 Å². The number of ether oxygens (including phenoxy) is 1. The maximum absolute atomic E-state index is 15.2. The molecule has 1 N–H and O–H groups in total. The Labute approximate surface area is 216 Å². The standard InChI is InChI=1S/C26H23ClF3N4O2P/c1-14(17-4-3-5-18(28)23(17)30)33-26-22(27)15(2)32-20-12-19(29)24(34-25(20)26)16-6-7-21(31-13-16)37(35)10-8-36-9-11-37/h3-7,12-14H,8-11H2,1-2H3,(H,32,33). The van der Waals surface area contributed by atoms with E-state index in [1.807, 2.05) is 0 Å². The van der Waals surface area contributed by atoms with Crippen molar-refractivity contribution in [3.05, 3.63) is 76.3 Å². The molecule has 0 radical (unpaired) electrons. The number of halogens is 4. The fourth-order valence-electron chi connectivity index (χ4n) is 4.38. The van der Waals surface area contributed by atoms with Crippen LogP contribution in [0, 0.1) is 24.4 Å². The number of nitrogens with zero attached hydrogens (tertiary/aromatic N) is 3. The molecular formula is C26H23ClF3N4O2P. The number of aryl methyl sites for hydroxylation is 1. The average Bonchev–Trinajstić information content (AvgIpc) is 2.88. The summed E-state index contributed by atoms with van der Waals surface area (Å²) in [6, 6.07) is 7.76. The minimum atomic E-state index is -2.65.